The fourth-order valence-electron chi connectivity index (χ4n) is 0.523. The van der Waals surface area contributed by atoms with Crippen LogP contribution in [0, 0.1) is 0 Å². The van der Waals surface area contributed by atoms with Crippen LogP contribution in [-0.2, 0) is 4.79 Å². The summed E-state index contributed by atoms with van der Waals surface area (Å²) in [5, 5.41) is -0.281. The second-order valence-corrected chi connectivity index (χ2v) is 2.92. The van der Waals surface area contributed by atoms with Gasteiger partial charge in [-0.2, -0.15) is 0 Å². The Morgan fingerprint density at radius 3 is 2.40 bits per heavy atom. The van der Waals surface area contributed by atoms with Gasteiger partial charge in [0.15, 0.2) is 0 Å². The lowest BCUT2D eigenvalue weighted by Gasteiger charge is -1.99. The fraction of sp³-hybridized carbons (Fsp3) is 0.200. The molecule has 0 aliphatic carbocycles. The van der Waals surface area contributed by atoms with Crippen molar-refractivity contribution in [2.75, 3.05) is 7.05 Å². The smallest absolute Gasteiger partial charge is 0.272 e. The summed E-state index contributed by atoms with van der Waals surface area (Å²) >= 11 is 6.10. The number of rotatable bonds is 0. The molecule has 0 spiro atoms. The van der Waals surface area contributed by atoms with Gasteiger partial charge in [0.25, 0.3) is 11.1 Å². The highest BCUT2D eigenvalue weighted by Crippen LogP contribution is 2.29. The molecule has 1 aliphatic heterocycles. The third-order valence-corrected chi connectivity index (χ3v) is 2.39. The van der Waals surface area contributed by atoms with Crippen LogP contribution in [0.25, 0.3) is 0 Å². The molecule has 0 aromatic carbocycles. The minimum atomic E-state index is -0.329. The van der Waals surface area contributed by atoms with Crippen molar-refractivity contribution in [3.05, 3.63) is 10.4 Å². The number of likely N-dealkylation sites (N-methyl/N-ethyl adjacent to an activating group) is 1. The molecule has 5 heteroatoms. The van der Waals surface area contributed by atoms with Crippen molar-refractivity contribution in [2.24, 2.45) is 0 Å². The molecule has 3 nitrogen and oxygen atoms in total. The molecule has 0 bridgehead atoms. The van der Waals surface area contributed by atoms with Gasteiger partial charge in [0.1, 0.15) is 0 Å². The van der Waals surface area contributed by atoms with E-state index in [0.717, 1.165) is 22.2 Å². The van der Waals surface area contributed by atoms with Crippen molar-refractivity contribution in [1.82, 2.24) is 4.90 Å². The first-order chi connectivity index (χ1) is 4.66. The molecular weight excluding hydrogens is 174 g/mol. The Hall–Kier alpha value is -0.480. The second-order valence-electron chi connectivity index (χ2n) is 1.71. The van der Waals surface area contributed by atoms with Crippen LogP contribution < -0.4 is 0 Å². The number of imide groups is 1. The van der Waals surface area contributed by atoms with Crippen LogP contribution in [0.15, 0.2) is 10.4 Å². The maximum absolute atomic E-state index is 10.9. The fourth-order valence-corrected chi connectivity index (χ4v) is 1.43. The van der Waals surface area contributed by atoms with Gasteiger partial charge in [-0.3, -0.25) is 14.5 Å². The van der Waals surface area contributed by atoms with Gasteiger partial charge in [-0.1, -0.05) is 11.6 Å². The summed E-state index contributed by atoms with van der Waals surface area (Å²) < 4.78 is 0. The molecule has 0 unspecified atom stereocenters. The van der Waals surface area contributed by atoms with E-state index in [1.807, 2.05) is 0 Å². The van der Waals surface area contributed by atoms with Crippen molar-refractivity contribution in [1.29, 1.82) is 0 Å². The van der Waals surface area contributed by atoms with E-state index < -0.39 is 0 Å². The van der Waals surface area contributed by atoms with Gasteiger partial charge >= 0.3 is 0 Å². The molecule has 1 heterocycles. The normalized spacial score (nSPS) is 23.0. The Morgan fingerprint density at radius 2 is 2.20 bits per heavy atom. The average Bonchev–Trinajstić information content (AvgIpc) is 2.17. The van der Waals surface area contributed by atoms with Gasteiger partial charge in [0, 0.05) is 12.6 Å². The molecule has 1 aliphatic rings. The molecule has 0 atom stereocenters. The van der Waals surface area contributed by atoms with Crippen molar-refractivity contribution in [2.45, 2.75) is 0 Å². The van der Waals surface area contributed by atoms with Gasteiger partial charge in [-0.05, 0) is 11.8 Å². The lowest BCUT2D eigenvalue weighted by molar-refractivity contribution is -0.121. The molecule has 1 saturated heterocycles. The largest absolute Gasteiger partial charge is 0.293 e. The summed E-state index contributed by atoms with van der Waals surface area (Å²) in [7, 11) is 1.42. The molecule has 54 valence electrons. The van der Waals surface area contributed by atoms with Gasteiger partial charge in [-0.25, -0.2) is 0 Å². The molecule has 1 fully saturated rings. The van der Waals surface area contributed by atoms with E-state index in [1.54, 1.807) is 0 Å². The van der Waals surface area contributed by atoms with Crippen molar-refractivity contribution >= 4 is 34.5 Å². The zero-order valence-electron chi connectivity index (χ0n) is 5.13. The first kappa shape index (κ1) is 7.63. The Balaban J connectivity index is 2.92. The third-order valence-electron chi connectivity index (χ3n) is 1.09. The Kier molecular flexibility index (Phi) is 2.01. The molecule has 10 heavy (non-hydrogen) atoms. The Morgan fingerprint density at radius 1 is 1.60 bits per heavy atom. The van der Waals surface area contributed by atoms with Gasteiger partial charge in [-0.15, -0.1) is 0 Å². The van der Waals surface area contributed by atoms with E-state index in [4.69, 9.17) is 11.6 Å². The zero-order valence-corrected chi connectivity index (χ0v) is 6.70. The summed E-state index contributed by atoms with van der Waals surface area (Å²) in [6.07, 6.45) is 0. The summed E-state index contributed by atoms with van der Waals surface area (Å²) in [5.41, 5.74) is 1.12. The number of halogens is 1. The van der Waals surface area contributed by atoms with E-state index in [1.165, 1.54) is 7.05 Å². The van der Waals surface area contributed by atoms with E-state index in [-0.39, 0.29) is 16.1 Å². The van der Waals surface area contributed by atoms with Crippen LogP contribution in [0.1, 0.15) is 0 Å². The van der Waals surface area contributed by atoms with Crippen molar-refractivity contribution in [3.63, 3.8) is 0 Å². The standard InChI is InChI=1S/C5H4ClNO2S/c1-7-4(8)3(2-6)10-5(7)9/h2H,1H3. The number of thioether (sulfide) groups is 1. The van der Waals surface area contributed by atoms with Crippen LogP contribution in [0.5, 0.6) is 0 Å². The number of hydrogen-bond donors (Lipinski definition) is 0. The monoisotopic (exact) mass is 177 g/mol. The van der Waals surface area contributed by atoms with Gasteiger partial charge < -0.3 is 0 Å². The maximum Gasteiger partial charge on any atom is 0.293 e. The summed E-state index contributed by atoms with van der Waals surface area (Å²) in [5.74, 6) is -0.329. The highest BCUT2D eigenvalue weighted by molar-refractivity contribution is 8.18. The molecular formula is C5H4ClNO2S. The van der Waals surface area contributed by atoms with E-state index in [9.17, 15) is 9.59 Å². The van der Waals surface area contributed by atoms with E-state index in [2.05, 4.69) is 0 Å². The van der Waals surface area contributed by atoms with Crippen LogP contribution in [-0.4, -0.2) is 23.1 Å². The topological polar surface area (TPSA) is 37.4 Å². The summed E-state index contributed by atoms with van der Waals surface area (Å²) in [6, 6.07) is 0. The highest BCUT2D eigenvalue weighted by Gasteiger charge is 2.31. The van der Waals surface area contributed by atoms with Crippen LogP contribution in [0.4, 0.5) is 4.79 Å². The predicted octanol–water partition coefficient (Wildman–Crippen LogP) is 1.39. The van der Waals surface area contributed by atoms with E-state index >= 15 is 0 Å². The molecule has 0 saturated carbocycles. The SMILES string of the molecule is CN1C(=O)SC(=CCl)C1=O. The molecule has 2 amide bonds. The highest BCUT2D eigenvalue weighted by atomic mass is 35.5. The maximum atomic E-state index is 10.9. The quantitative estimate of drug-likeness (QED) is 0.525. The third kappa shape index (κ3) is 1.04. The molecule has 0 radical (unpaired) electrons. The molecule has 1 rings (SSSR count). The van der Waals surface area contributed by atoms with Crippen molar-refractivity contribution < 1.29 is 9.59 Å². The number of amides is 2. The van der Waals surface area contributed by atoms with Crippen LogP contribution in [0.3, 0.4) is 0 Å². The first-order valence-electron chi connectivity index (χ1n) is 2.47. The second kappa shape index (κ2) is 2.64. The molecule has 0 N–H and O–H groups in total. The molecule has 0 aromatic rings. The van der Waals surface area contributed by atoms with Crippen LogP contribution >= 0.6 is 23.4 Å². The Labute approximate surface area is 67.0 Å². The average molecular weight is 178 g/mol. The number of hydrogen-bond acceptors (Lipinski definition) is 3. The minimum absolute atomic E-state index is 0.281. The van der Waals surface area contributed by atoms with Gasteiger partial charge in [0.2, 0.25) is 0 Å². The lowest BCUT2D eigenvalue weighted by Crippen LogP contribution is -2.22. The first-order valence-corrected chi connectivity index (χ1v) is 3.72. The van der Waals surface area contributed by atoms with Crippen molar-refractivity contribution in [3.8, 4) is 0 Å². The Bertz CT molecular complexity index is 226. The summed E-state index contributed by atoms with van der Waals surface area (Å²) in [6.45, 7) is 0. The molecule has 0 aromatic heterocycles. The van der Waals surface area contributed by atoms with Gasteiger partial charge in [0.05, 0.1) is 4.91 Å². The number of nitrogens with zero attached hydrogens (tertiary/aromatic N) is 1. The minimum Gasteiger partial charge on any atom is -0.272 e. The zero-order chi connectivity index (χ0) is 7.72. The van der Waals surface area contributed by atoms with E-state index in [0.29, 0.717) is 0 Å². The van der Waals surface area contributed by atoms with Crippen LogP contribution in [0.2, 0.25) is 0 Å². The predicted molar refractivity (Wildman–Crippen MR) is 39.7 cm³/mol. The lowest BCUT2D eigenvalue weighted by atomic mass is 10.5. The summed E-state index contributed by atoms with van der Waals surface area (Å²) in [4.78, 5) is 22.9. The number of carbonyl (C=O) groups is 2. The number of carbonyl (C=O) groups excluding carboxylic acids is 2.